The number of halogens is 2. The molecule has 7 heteroatoms. The van der Waals surface area contributed by atoms with Gasteiger partial charge in [-0.2, -0.15) is 14.0 Å². The summed E-state index contributed by atoms with van der Waals surface area (Å²) in [5.41, 5.74) is 0.666. The fraction of sp³-hybridized carbons (Fsp3) is 0.467. The molecule has 0 bridgehead atoms. The van der Waals surface area contributed by atoms with Gasteiger partial charge in [-0.25, -0.2) is 0 Å². The van der Waals surface area contributed by atoms with Gasteiger partial charge in [-0.1, -0.05) is 6.07 Å². The first kappa shape index (κ1) is 17.7. The Bertz CT molecular complexity index is 544. The highest BCUT2D eigenvalue weighted by molar-refractivity contribution is 5.76. The lowest BCUT2D eigenvalue weighted by Crippen LogP contribution is -2.31. The second-order valence-electron chi connectivity index (χ2n) is 4.51. The molecule has 1 aromatic rings. The maximum absolute atomic E-state index is 12.4. The molecule has 1 rings (SSSR count). The minimum absolute atomic E-state index is 0.0554. The van der Waals surface area contributed by atoms with Crippen LogP contribution in [0.3, 0.4) is 0 Å². The summed E-state index contributed by atoms with van der Waals surface area (Å²) in [5.74, 6) is -0.103. The van der Waals surface area contributed by atoms with E-state index in [1.807, 2.05) is 6.07 Å². The van der Waals surface area contributed by atoms with E-state index < -0.39 is 12.7 Å². The zero-order valence-corrected chi connectivity index (χ0v) is 12.4. The molecule has 0 radical (unpaired) electrons. The monoisotopic (exact) mass is 312 g/mol. The number of nitrogens with zero attached hydrogens (tertiary/aromatic N) is 1. The van der Waals surface area contributed by atoms with Crippen molar-refractivity contribution in [2.75, 3.05) is 6.61 Å². The number of hydrogen-bond donors (Lipinski definition) is 1. The third-order valence-corrected chi connectivity index (χ3v) is 2.74. The summed E-state index contributed by atoms with van der Waals surface area (Å²) in [4.78, 5) is 11.6. The van der Waals surface area contributed by atoms with Crippen LogP contribution in [0.2, 0.25) is 0 Å². The van der Waals surface area contributed by atoms with Crippen molar-refractivity contribution in [1.82, 2.24) is 5.32 Å². The van der Waals surface area contributed by atoms with Gasteiger partial charge in [0.25, 0.3) is 0 Å². The molecule has 22 heavy (non-hydrogen) atoms. The third kappa shape index (κ3) is 5.95. The van der Waals surface area contributed by atoms with Gasteiger partial charge in [0, 0.05) is 6.42 Å². The second-order valence-corrected chi connectivity index (χ2v) is 4.51. The molecule has 1 N–H and O–H groups in total. The van der Waals surface area contributed by atoms with Crippen LogP contribution in [-0.4, -0.2) is 25.2 Å². The maximum Gasteiger partial charge on any atom is 0.387 e. The standard InChI is InChI=1S/C15H18F2N2O3/c1-3-21-12-6-4-11(8-13(12)22-15(16)17)5-7-14(20)19-10(2)9-18/h4,6,8,10,15H,3,5,7H2,1-2H3,(H,19,20). The molecule has 0 heterocycles. The van der Waals surface area contributed by atoms with Crippen molar-refractivity contribution in [2.24, 2.45) is 0 Å². The number of aryl methyl sites for hydroxylation is 1. The Morgan fingerprint density at radius 3 is 2.73 bits per heavy atom. The SMILES string of the molecule is CCOc1ccc(CCC(=O)NC(C)C#N)cc1OC(F)F. The number of carbonyl (C=O) groups excluding carboxylic acids is 1. The summed E-state index contributed by atoms with van der Waals surface area (Å²) in [6.07, 6.45) is 0.490. The summed E-state index contributed by atoms with van der Waals surface area (Å²) in [6, 6.07) is 5.98. The maximum atomic E-state index is 12.4. The fourth-order valence-corrected chi connectivity index (χ4v) is 1.77. The van der Waals surface area contributed by atoms with E-state index in [2.05, 4.69) is 10.1 Å². The summed E-state index contributed by atoms with van der Waals surface area (Å²) in [7, 11) is 0. The summed E-state index contributed by atoms with van der Waals surface area (Å²) < 4.78 is 34.4. The number of ether oxygens (including phenoxy) is 2. The number of rotatable bonds is 8. The van der Waals surface area contributed by atoms with E-state index in [1.165, 1.54) is 12.1 Å². The molecule has 0 fully saturated rings. The molecule has 0 saturated carbocycles. The van der Waals surface area contributed by atoms with Gasteiger partial charge in [0.15, 0.2) is 11.5 Å². The number of hydrogen-bond acceptors (Lipinski definition) is 4. The summed E-state index contributed by atoms with van der Waals surface area (Å²) in [5, 5.41) is 11.1. The highest BCUT2D eigenvalue weighted by atomic mass is 19.3. The van der Waals surface area contributed by atoms with Gasteiger partial charge in [-0.3, -0.25) is 4.79 Å². The first-order valence-corrected chi connectivity index (χ1v) is 6.85. The lowest BCUT2D eigenvalue weighted by Gasteiger charge is -2.13. The van der Waals surface area contributed by atoms with E-state index in [9.17, 15) is 13.6 Å². The Kier molecular flexibility index (Phi) is 7.09. The zero-order valence-electron chi connectivity index (χ0n) is 12.4. The predicted octanol–water partition coefficient (Wildman–Crippen LogP) is 2.65. The van der Waals surface area contributed by atoms with Crippen LogP contribution in [0.5, 0.6) is 11.5 Å². The molecule has 1 atom stereocenters. The highest BCUT2D eigenvalue weighted by Crippen LogP contribution is 2.30. The van der Waals surface area contributed by atoms with Crippen molar-refractivity contribution >= 4 is 5.91 Å². The van der Waals surface area contributed by atoms with E-state index in [0.29, 0.717) is 18.6 Å². The van der Waals surface area contributed by atoms with E-state index in [0.717, 1.165) is 0 Å². The van der Waals surface area contributed by atoms with Crippen molar-refractivity contribution in [2.45, 2.75) is 39.3 Å². The molecular weight excluding hydrogens is 294 g/mol. The van der Waals surface area contributed by atoms with Crippen LogP contribution in [-0.2, 0) is 11.2 Å². The predicted molar refractivity (Wildman–Crippen MR) is 75.8 cm³/mol. The van der Waals surface area contributed by atoms with Crippen molar-refractivity contribution < 1.29 is 23.0 Å². The lowest BCUT2D eigenvalue weighted by atomic mass is 10.1. The molecular formula is C15H18F2N2O3. The average molecular weight is 312 g/mol. The van der Waals surface area contributed by atoms with Gasteiger partial charge in [-0.05, 0) is 38.0 Å². The number of benzene rings is 1. The van der Waals surface area contributed by atoms with Gasteiger partial charge < -0.3 is 14.8 Å². The lowest BCUT2D eigenvalue weighted by molar-refractivity contribution is -0.121. The first-order valence-electron chi connectivity index (χ1n) is 6.85. The normalized spacial score (nSPS) is 11.6. The molecule has 0 saturated heterocycles. The molecule has 0 aliphatic heterocycles. The Morgan fingerprint density at radius 1 is 1.41 bits per heavy atom. The van der Waals surface area contributed by atoms with Gasteiger partial charge in [0.2, 0.25) is 5.91 Å². The Balaban J connectivity index is 2.71. The zero-order chi connectivity index (χ0) is 16.5. The van der Waals surface area contributed by atoms with Gasteiger partial charge in [-0.15, -0.1) is 0 Å². The van der Waals surface area contributed by atoms with E-state index >= 15 is 0 Å². The van der Waals surface area contributed by atoms with Crippen LogP contribution in [0.4, 0.5) is 8.78 Å². The minimum atomic E-state index is -2.95. The van der Waals surface area contributed by atoms with Gasteiger partial charge >= 0.3 is 6.61 Å². The Morgan fingerprint density at radius 2 is 2.14 bits per heavy atom. The Labute approximate surface area is 127 Å². The Hall–Kier alpha value is -2.36. The minimum Gasteiger partial charge on any atom is -0.490 e. The number of nitrogens with one attached hydrogen (secondary N) is 1. The number of amides is 1. The van der Waals surface area contributed by atoms with Crippen LogP contribution in [0.1, 0.15) is 25.8 Å². The molecule has 0 aromatic heterocycles. The number of nitriles is 1. The molecule has 120 valence electrons. The van der Waals surface area contributed by atoms with Gasteiger partial charge in [0.1, 0.15) is 6.04 Å². The van der Waals surface area contributed by atoms with E-state index in [-0.39, 0.29) is 23.8 Å². The van der Waals surface area contributed by atoms with Crippen molar-refractivity contribution in [3.8, 4) is 17.6 Å². The van der Waals surface area contributed by atoms with Crippen molar-refractivity contribution in [3.63, 3.8) is 0 Å². The largest absolute Gasteiger partial charge is 0.490 e. The fourth-order valence-electron chi connectivity index (χ4n) is 1.77. The summed E-state index contributed by atoms with van der Waals surface area (Å²) >= 11 is 0. The molecule has 5 nitrogen and oxygen atoms in total. The van der Waals surface area contributed by atoms with E-state index in [4.69, 9.17) is 10.00 Å². The van der Waals surface area contributed by atoms with Crippen molar-refractivity contribution in [1.29, 1.82) is 5.26 Å². The molecule has 1 aromatic carbocycles. The van der Waals surface area contributed by atoms with Crippen LogP contribution < -0.4 is 14.8 Å². The molecule has 1 amide bonds. The number of alkyl halides is 2. The van der Waals surface area contributed by atoms with Crippen LogP contribution in [0, 0.1) is 11.3 Å². The van der Waals surface area contributed by atoms with Crippen molar-refractivity contribution in [3.05, 3.63) is 23.8 Å². The third-order valence-electron chi connectivity index (χ3n) is 2.74. The van der Waals surface area contributed by atoms with Crippen LogP contribution >= 0.6 is 0 Å². The molecule has 1 unspecified atom stereocenters. The van der Waals surface area contributed by atoms with Crippen LogP contribution in [0.15, 0.2) is 18.2 Å². The topological polar surface area (TPSA) is 71.3 Å². The summed E-state index contributed by atoms with van der Waals surface area (Å²) in [6.45, 7) is 0.687. The molecule has 0 spiro atoms. The van der Waals surface area contributed by atoms with Crippen LogP contribution in [0.25, 0.3) is 0 Å². The number of carbonyl (C=O) groups is 1. The second kappa shape index (κ2) is 8.82. The first-order chi connectivity index (χ1) is 10.5. The van der Waals surface area contributed by atoms with E-state index in [1.54, 1.807) is 19.9 Å². The smallest absolute Gasteiger partial charge is 0.387 e. The van der Waals surface area contributed by atoms with Gasteiger partial charge in [0.05, 0.1) is 12.7 Å². The average Bonchev–Trinajstić information content (AvgIpc) is 2.47. The highest BCUT2D eigenvalue weighted by Gasteiger charge is 2.13. The quantitative estimate of drug-likeness (QED) is 0.801. The molecule has 0 aliphatic rings. The molecule has 0 aliphatic carbocycles.